The molecule has 140 valence electrons. The smallest absolute Gasteiger partial charge is 0.347 e. The maximum absolute atomic E-state index is 11.2. The zero-order chi connectivity index (χ0) is 18.8. The van der Waals surface area contributed by atoms with Gasteiger partial charge in [0.2, 0.25) is 5.95 Å². The van der Waals surface area contributed by atoms with Gasteiger partial charge in [0.25, 0.3) is 0 Å². The lowest BCUT2D eigenvalue weighted by Gasteiger charge is -2.28. The standard InChI is InChI=1S/C16H16N6O4S/c1-9-13(14(23)24)27-16(18-9)21-15-19-10(11-7-17-8-26-11)6-12(20-15)22-2-4-25-5-3-22/h6-8H,2-5H2,1H3,(H,23,24)(H,18,19,20,21). The van der Waals surface area contributed by atoms with Crippen LogP contribution in [0, 0.1) is 6.92 Å². The Hall–Kier alpha value is -3.05. The highest BCUT2D eigenvalue weighted by atomic mass is 32.1. The largest absolute Gasteiger partial charge is 0.477 e. The van der Waals surface area contributed by atoms with Crippen LogP contribution in [0.1, 0.15) is 15.4 Å². The quantitative estimate of drug-likeness (QED) is 0.671. The summed E-state index contributed by atoms with van der Waals surface area (Å²) in [7, 11) is 0. The monoisotopic (exact) mass is 388 g/mol. The van der Waals surface area contributed by atoms with Crippen molar-refractivity contribution in [1.29, 1.82) is 0 Å². The summed E-state index contributed by atoms with van der Waals surface area (Å²) in [5.41, 5.74) is 1.01. The van der Waals surface area contributed by atoms with E-state index in [1.54, 1.807) is 13.1 Å². The molecule has 10 nitrogen and oxygen atoms in total. The number of carbonyl (C=O) groups is 1. The van der Waals surface area contributed by atoms with Gasteiger partial charge in [0.1, 0.15) is 16.4 Å². The van der Waals surface area contributed by atoms with E-state index in [1.807, 2.05) is 6.07 Å². The number of carboxylic acids is 1. The van der Waals surface area contributed by atoms with Gasteiger partial charge in [-0.05, 0) is 6.92 Å². The Balaban J connectivity index is 1.69. The van der Waals surface area contributed by atoms with Gasteiger partial charge in [-0.2, -0.15) is 4.98 Å². The Morgan fingerprint density at radius 2 is 2.11 bits per heavy atom. The van der Waals surface area contributed by atoms with Gasteiger partial charge >= 0.3 is 5.97 Å². The molecule has 3 aromatic rings. The lowest BCUT2D eigenvalue weighted by Crippen LogP contribution is -2.36. The minimum absolute atomic E-state index is 0.178. The van der Waals surface area contributed by atoms with Crippen molar-refractivity contribution >= 4 is 34.2 Å². The van der Waals surface area contributed by atoms with Crippen molar-refractivity contribution in [2.75, 3.05) is 36.5 Å². The molecule has 0 aromatic carbocycles. The topological polar surface area (TPSA) is 127 Å². The Kier molecular flexibility index (Phi) is 4.69. The second-order valence-corrected chi connectivity index (χ2v) is 6.76. The van der Waals surface area contributed by atoms with Gasteiger partial charge in [0.05, 0.1) is 25.1 Å². The number of oxazole rings is 1. The van der Waals surface area contributed by atoms with Crippen molar-refractivity contribution in [2.24, 2.45) is 0 Å². The van der Waals surface area contributed by atoms with Gasteiger partial charge in [-0.15, -0.1) is 0 Å². The van der Waals surface area contributed by atoms with Crippen molar-refractivity contribution < 1.29 is 19.1 Å². The minimum atomic E-state index is -1.01. The normalized spacial score (nSPS) is 14.3. The van der Waals surface area contributed by atoms with E-state index in [4.69, 9.17) is 9.15 Å². The number of ether oxygens (including phenoxy) is 1. The average Bonchev–Trinajstić information content (AvgIpc) is 3.32. The number of nitrogens with zero attached hydrogens (tertiary/aromatic N) is 5. The van der Waals surface area contributed by atoms with E-state index in [-0.39, 0.29) is 4.88 Å². The molecule has 1 aliphatic heterocycles. The molecule has 0 saturated carbocycles. The van der Waals surface area contributed by atoms with Crippen LogP contribution in [0.3, 0.4) is 0 Å². The van der Waals surface area contributed by atoms with E-state index in [0.29, 0.717) is 60.3 Å². The number of nitrogens with one attached hydrogen (secondary N) is 1. The average molecular weight is 388 g/mol. The second kappa shape index (κ2) is 7.29. The zero-order valence-electron chi connectivity index (χ0n) is 14.4. The number of carboxylic acid groups (broad SMARTS) is 1. The molecule has 1 fully saturated rings. The first-order chi connectivity index (χ1) is 13.1. The van der Waals surface area contributed by atoms with Gasteiger partial charge in [-0.3, -0.25) is 5.32 Å². The summed E-state index contributed by atoms with van der Waals surface area (Å²) >= 11 is 1.04. The summed E-state index contributed by atoms with van der Waals surface area (Å²) in [5.74, 6) is 0.518. The van der Waals surface area contributed by atoms with E-state index in [1.165, 1.54) is 6.39 Å². The third-order valence-electron chi connectivity index (χ3n) is 3.94. The van der Waals surface area contributed by atoms with Crippen molar-refractivity contribution in [2.45, 2.75) is 6.92 Å². The van der Waals surface area contributed by atoms with Crippen LogP contribution in [0.4, 0.5) is 16.9 Å². The van der Waals surface area contributed by atoms with Gasteiger partial charge in [0.15, 0.2) is 17.3 Å². The molecule has 4 heterocycles. The number of aryl methyl sites for hydroxylation is 1. The van der Waals surface area contributed by atoms with Crippen molar-refractivity contribution in [3.8, 4) is 11.5 Å². The van der Waals surface area contributed by atoms with E-state index >= 15 is 0 Å². The number of aromatic nitrogens is 4. The number of thiazole rings is 1. The van der Waals surface area contributed by atoms with E-state index in [9.17, 15) is 9.90 Å². The van der Waals surface area contributed by atoms with E-state index < -0.39 is 5.97 Å². The highest BCUT2D eigenvalue weighted by molar-refractivity contribution is 7.17. The number of morpholine rings is 1. The molecule has 27 heavy (non-hydrogen) atoms. The van der Waals surface area contributed by atoms with Crippen LogP contribution in [0.15, 0.2) is 23.1 Å². The molecule has 0 amide bonds. The number of hydrogen-bond donors (Lipinski definition) is 2. The Bertz CT molecular complexity index is 952. The van der Waals surface area contributed by atoms with Crippen LogP contribution < -0.4 is 10.2 Å². The first-order valence-corrected chi connectivity index (χ1v) is 9.00. The lowest BCUT2D eigenvalue weighted by atomic mass is 10.3. The molecule has 0 bridgehead atoms. The molecule has 0 atom stereocenters. The number of rotatable bonds is 5. The Labute approximate surface area is 157 Å². The highest BCUT2D eigenvalue weighted by Gasteiger charge is 2.19. The van der Waals surface area contributed by atoms with Gasteiger partial charge in [-0.25, -0.2) is 19.7 Å². The Morgan fingerprint density at radius 1 is 1.30 bits per heavy atom. The summed E-state index contributed by atoms with van der Waals surface area (Å²) in [6, 6.07) is 1.83. The Morgan fingerprint density at radius 3 is 2.78 bits per heavy atom. The van der Waals surface area contributed by atoms with Crippen molar-refractivity contribution in [3.05, 3.63) is 29.2 Å². The second-order valence-electron chi connectivity index (χ2n) is 5.76. The zero-order valence-corrected chi connectivity index (χ0v) is 15.2. The van der Waals surface area contributed by atoms with Crippen molar-refractivity contribution in [1.82, 2.24) is 19.9 Å². The predicted molar refractivity (Wildman–Crippen MR) is 97.7 cm³/mol. The van der Waals surface area contributed by atoms with Crippen LogP contribution in [-0.2, 0) is 4.74 Å². The van der Waals surface area contributed by atoms with Gasteiger partial charge in [0, 0.05) is 19.2 Å². The van der Waals surface area contributed by atoms with Crippen LogP contribution >= 0.6 is 11.3 Å². The summed E-state index contributed by atoms with van der Waals surface area (Å²) in [4.78, 5) is 30.7. The molecule has 2 N–H and O–H groups in total. The molecule has 0 spiro atoms. The molecule has 0 aliphatic carbocycles. The lowest BCUT2D eigenvalue weighted by molar-refractivity contribution is 0.0701. The molecule has 4 rings (SSSR count). The summed E-state index contributed by atoms with van der Waals surface area (Å²) in [5, 5.41) is 12.6. The van der Waals surface area contributed by atoms with E-state index in [0.717, 1.165) is 11.3 Å². The fraction of sp³-hybridized carbons (Fsp3) is 0.312. The first-order valence-electron chi connectivity index (χ1n) is 8.18. The summed E-state index contributed by atoms with van der Waals surface area (Å²) in [6.07, 6.45) is 2.91. The summed E-state index contributed by atoms with van der Waals surface area (Å²) in [6.45, 7) is 4.32. The van der Waals surface area contributed by atoms with Crippen LogP contribution in [0.5, 0.6) is 0 Å². The number of hydrogen-bond acceptors (Lipinski definition) is 10. The highest BCUT2D eigenvalue weighted by Crippen LogP contribution is 2.28. The minimum Gasteiger partial charge on any atom is -0.477 e. The molecular formula is C16H16N6O4S. The van der Waals surface area contributed by atoms with E-state index in [2.05, 4.69) is 30.2 Å². The third kappa shape index (κ3) is 3.73. The van der Waals surface area contributed by atoms with Crippen LogP contribution in [0.25, 0.3) is 11.5 Å². The fourth-order valence-corrected chi connectivity index (χ4v) is 3.46. The fourth-order valence-electron chi connectivity index (χ4n) is 2.66. The van der Waals surface area contributed by atoms with Crippen molar-refractivity contribution in [3.63, 3.8) is 0 Å². The molecule has 0 unspecified atom stereocenters. The van der Waals surface area contributed by atoms with Crippen LogP contribution in [-0.4, -0.2) is 57.3 Å². The molecule has 1 aliphatic rings. The molecule has 3 aromatic heterocycles. The molecule has 11 heteroatoms. The third-order valence-corrected chi connectivity index (χ3v) is 5.00. The maximum atomic E-state index is 11.2. The van der Waals surface area contributed by atoms with Crippen LogP contribution in [0.2, 0.25) is 0 Å². The number of anilines is 3. The van der Waals surface area contributed by atoms with Gasteiger partial charge in [-0.1, -0.05) is 11.3 Å². The molecule has 1 saturated heterocycles. The molecular weight excluding hydrogens is 372 g/mol. The molecule has 0 radical (unpaired) electrons. The number of aromatic carboxylic acids is 1. The predicted octanol–water partition coefficient (Wildman–Crippen LogP) is 2.17. The summed E-state index contributed by atoms with van der Waals surface area (Å²) < 4.78 is 10.8. The maximum Gasteiger partial charge on any atom is 0.347 e. The van der Waals surface area contributed by atoms with Gasteiger partial charge < -0.3 is 19.2 Å². The first kappa shape index (κ1) is 17.4. The SMILES string of the molecule is Cc1nc(Nc2nc(-c3cnco3)cc(N3CCOCC3)n2)sc1C(=O)O.